The third-order valence-electron chi connectivity index (χ3n) is 2.47. The van der Waals surface area contributed by atoms with Crippen LogP contribution in [-0.4, -0.2) is 24.2 Å². The zero-order chi connectivity index (χ0) is 13.4. The number of halogens is 1. The third kappa shape index (κ3) is 5.51. The summed E-state index contributed by atoms with van der Waals surface area (Å²) in [6.45, 7) is 4.87. The highest BCUT2D eigenvalue weighted by Crippen LogP contribution is 2.29. The van der Waals surface area contributed by atoms with Gasteiger partial charge in [-0.15, -0.1) is 0 Å². The Kier molecular flexibility index (Phi) is 7.56. The minimum Gasteiger partial charge on any atom is -0.492 e. The normalized spacial score (nSPS) is 12.4. The summed E-state index contributed by atoms with van der Waals surface area (Å²) >= 11 is 8.11. The fourth-order valence-corrected chi connectivity index (χ4v) is 2.56. The number of para-hydroxylation sites is 1. The fraction of sp³-hybridized carbons (Fsp3) is 0.571. The molecule has 0 aromatic heterocycles. The summed E-state index contributed by atoms with van der Waals surface area (Å²) in [5.74, 6) is 3.09. The summed E-state index contributed by atoms with van der Waals surface area (Å²) in [5, 5.41) is 0.677. The van der Waals surface area contributed by atoms with Crippen molar-refractivity contribution in [1.29, 1.82) is 0 Å². The Morgan fingerprint density at radius 2 is 2.22 bits per heavy atom. The molecule has 0 saturated carbocycles. The lowest BCUT2D eigenvalue weighted by Gasteiger charge is -2.14. The van der Waals surface area contributed by atoms with Crippen LogP contribution in [0.25, 0.3) is 0 Å². The van der Waals surface area contributed by atoms with Gasteiger partial charge in [0.2, 0.25) is 0 Å². The quantitative estimate of drug-likeness (QED) is 0.740. The van der Waals surface area contributed by atoms with Gasteiger partial charge in [-0.05, 0) is 42.9 Å². The molecule has 0 fully saturated rings. The van der Waals surface area contributed by atoms with Crippen molar-refractivity contribution in [1.82, 2.24) is 0 Å². The van der Waals surface area contributed by atoms with Crippen LogP contribution in [0.3, 0.4) is 0 Å². The number of hydrogen-bond acceptors (Lipinski definition) is 3. The van der Waals surface area contributed by atoms with Gasteiger partial charge < -0.3 is 10.5 Å². The number of rotatable bonds is 8. The molecule has 1 aromatic rings. The maximum absolute atomic E-state index is 6.18. The molecule has 2 nitrogen and oxygen atoms in total. The van der Waals surface area contributed by atoms with Crippen LogP contribution in [0.5, 0.6) is 5.75 Å². The molecule has 0 radical (unpaired) electrons. The van der Waals surface area contributed by atoms with Crippen molar-refractivity contribution < 1.29 is 4.74 Å². The summed E-state index contributed by atoms with van der Waals surface area (Å²) in [7, 11) is 0. The Balaban J connectivity index is 2.56. The van der Waals surface area contributed by atoms with E-state index in [0.717, 1.165) is 35.7 Å². The molecule has 18 heavy (non-hydrogen) atoms. The van der Waals surface area contributed by atoms with Crippen molar-refractivity contribution in [3.8, 4) is 5.75 Å². The van der Waals surface area contributed by atoms with Gasteiger partial charge in [0.15, 0.2) is 0 Å². The van der Waals surface area contributed by atoms with Crippen molar-refractivity contribution in [2.75, 3.05) is 18.1 Å². The van der Waals surface area contributed by atoms with E-state index < -0.39 is 0 Å². The minimum absolute atomic E-state index is 0.112. The van der Waals surface area contributed by atoms with Gasteiger partial charge in [0.05, 0.1) is 11.6 Å². The van der Waals surface area contributed by atoms with Crippen molar-refractivity contribution in [2.24, 2.45) is 5.73 Å². The Labute approximate surface area is 119 Å². The summed E-state index contributed by atoms with van der Waals surface area (Å²) in [5.41, 5.74) is 6.93. The average molecular weight is 288 g/mol. The number of ether oxygens (including phenoxy) is 1. The summed E-state index contributed by atoms with van der Waals surface area (Å²) < 4.78 is 5.81. The van der Waals surface area contributed by atoms with Crippen LogP contribution >= 0.6 is 23.4 Å². The molecule has 4 heteroatoms. The molecular weight excluding hydrogens is 266 g/mol. The van der Waals surface area contributed by atoms with E-state index in [9.17, 15) is 0 Å². The zero-order valence-electron chi connectivity index (χ0n) is 11.1. The molecule has 0 heterocycles. The number of nitrogens with two attached hydrogens (primary N) is 1. The van der Waals surface area contributed by atoms with Gasteiger partial charge >= 0.3 is 0 Å². The van der Waals surface area contributed by atoms with Crippen molar-refractivity contribution in [3.63, 3.8) is 0 Å². The first-order chi connectivity index (χ1) is 8.65. The van der Waals surface area contributed by atoms with Crippen molar-refractivity contribution in [3.05, 3.63) is 28.8 Å². The second-order valence-corrected chi connectivity index (χ2v) is 6.11. The molecule has 0 spiro atoms. The first-order valence-corrected chi connectivity index (χ1v) is 7.92. The molecule has 0 aliphatic heterocycles. The van der Waals surface area contributed by atoms with Crippen LogP contribution in [0, 0.1) is 0 Å². The molecule has 0 aliphatic rings. The molecule has 102 valence electrons. The maximum atomic E-state index is 6.18. The van der Waals surface area contributed by atoms with Crippen LogP contribution in [0.2, 0.25) is 5.02 Å². The van der Waals surface area contributed by atoms with E-state index in [1.165, 1.54) is 0 Å². The van der Waals surface area contributed by atoms with E-state index in [2.05, 4.69) is 6.92 Å². The summed E-state index contributed by atoms with van der Waals surface area (Å²) in [6, 6.07) is 5.95. The third-order valence-corrected chi connectivity index (χ3v) is 3.76. The molecule has 0 amide bonds. The molecule has 1 rings (SSSR count). The van der Waals surface area contributed by atoms with Gasteiger partial charge in [-0.2, -0.15) is 11.8 Å². The first kappa shape index (κ1) is 15.7. The van der Waals surface area contributed by atoms with E-state index in [0.29, 0.717) is 11.6 Å². The lowest BCUT2D eigenvalue weighted by Crippen LogP contribution is -2.18. The van der Waals surface area contributed by atoms with E-state index in [1.54, 1.807) is 0 Å². The predicted octanol–water partition coefficient (Wildman–Crippen LogP) is 3.75. The first-order valence-electron chi connectivity index (χ1n) is 6.38. The Bertz CT molecular complexity index is 358. The molecular formula is C14H22ClNOS. The maximum Gasteiger partial charge on any atom is 0.141 e. The second kappa shape index (κ2) is 8.68. The number of benzene rings is 1. The highest BCUT2D eigenvalue weighted by molar-refractivity contribution is 7.99. The Morgan fingerprint density at radius 1 is 1.44 bits per heavy atom. The largest absolute Gasteiger partial charge is 0.492 e. The number of hydrogen-bond donors (Lipinski definition) is 1. The topological polar surface area (TPSA) is 35.2 Å². The van der Waals surface area contributed by atoms with Crippen LogP contribution in [0.15, 0.2) is 18.2 Å². The predicted molar refractivity (Wildman–Crippen MR) is 81.9 cm³/mol. The summed E-state index contributed by atoms with van der Waals surface area (Å²) in [4.78, 5) is 0. The van der Waals surface area contributed by atoms with Crippen molar-refractivity contribution >= 4 is 23.4 Å². The Morgan fingerprint density at radius 3 is 2.89 bits per heavy atom. The van der Waals surface area contributed by atoms with E-state index in [-0.39, 0.29) is 6.04 Å². The van der Waals surface area contributed by atoms with Crippen LogP contribution in [0.1, 0.15) is 25.8 Å². The monoisotopic (exact) mass is 287 g/mol. The van der Waals surface area contributed by atoms with E-state index in [4.69, 9.17) is 22.1 Å². The highest BCUT2D eigenvalue weighted by atomic mass is 35.5. The average Bonchev–Trinajstić information content (AvgIpc) is 2.31. The van der Waals surface area contributed by atoms with Gasteiger partial charge in [0.1, 0.15) is 5.75 Å². The van der Waals surface area contributed by atoms with Gasteiger partial charge in [0, 0.05) is 6.04 Å². The molecule has 2 N–H and O–H groups in total. The summed E-state index contributed by atoms with van der Waals surface area (Å²) in [6.07, 6.45) is 1.83. The van der Waals surface area contributed by atoms with E-state index >= 15 is 0 Å². The smallest absolute Gasteiger partial charge is 0.141 e. The van der Waals surface area contributed by atoms with Gasteiger partial charge in [0.25, 0.3) is 0 Å². The van der Waals surface area contributed by atoms with Crippen molar-refractivity contribution in [2.45, 2.75) is 32.7 Å². The standard InChI is InChI=1S/C14H22ClNOS/c1-3-18-9-5-8-17-14-12(10-11(2)16)6-4-7-13(14)15/h4,6-7,11H,3,5,8-10,16H2,1-2H3. The van der Waals surface area contributed by atoms with Crippen LogP contribution < -0.4 is 10.5 Å². The zero-order valence-corrected chi connectivity index (χ0v) is 12.7. The number of thioether (sulfide) groups is 1. The minimum atomic E-state index is 0.112. The molecule has 0 saturated heterocycles. The van der Waals surface area contributed by atoms with Gasteiger partial charge in [-0.25, -0.2) is 0 Å². The SMILES string of the molecule is CCSCCCOc1c(Cl)cccc1CC(C)N. The molecule has 1 unspecified atom stereocenters. The molecule has 0 bridgehead atoms. The van der Waals surface area contributed by atoms with Gasteiger partial charge in [-0.3, -0.25) is 0 Å². The fourth-order valence-electron chi connectivity index (χ4n) is 1.70. The highest BCUT2D eigenvalue weighted by Gasteiger charge is 2.09. The van der Waals surface area contributed by atoms with Crippen LogP contribution in [0.4, 0.5) is 0 Å². The van der Waals surface area contributed by atoms with Crippen LogP contribution in [-0.2, 0) is 6.42 Å². The lowest BCUT2D eigenvalue weighted by atomic mass is 10.1. The van der Waals surface area contributed by atoms with Gasteiger partial charge in [-0.1, -0.05) is 30.7 Å². The molecule has 0 aliphatic carbocycles. The molecule has 1 atom stereocenters. The molecule has 1 aromatic carbocycles. The van der Waals surface area contributed by atoms with E-state index in [1.807, 2.05) is 36.9 Å². The Hall–Kier alpha value is -0.380. The lowest BCUT2D eigenvalue weighted by molar-refractivity contribution is 0.315. The second-order valence-electron chi connectivity index (χ2n) is 4.31.